The van der Waals surface area contributed by atoms with Crippen LogP contribution in [0.3, 0.4) is 0 Å². The van der Waals surface area contributed by atoms with Crippen LogP contribution in [-0.2, 0) is 20.8 Å². The van der Waals surface area contributed by atoms with Crippen LogP contribution < -0.4 is 0 Å². The maximum absolute atomic E-state index is 12.3. The number of hydrogen-bond acceptors (Lipinski definition) is 4. The van der Waals surface area contributed by atoms with Gasteiger partial charge in [0.05, 0.1) is 5.75 Å². The van der Waals surface area contributed by atoms with E-state index in [-0.39, 0.29) is 24.6 Å². The molecule has 1 aromatic rings. The van der Waals surface area contributed by atoms with Crippen LogP contribution in [0.1, 0.15) is 32.8 Å². The summed E-state index contributed by atoms with van der Waals surface area (Å²) in [4.78, 5) is 13.7. The van der Waals surface area contributed by atoms with E-state index in [0.29, 0.717) is 0 Å². The van der Waals surface area contributed by atoms with Gasteiger partial charge in [-0.05, 0) is 32.8 Å². The zero-order valence-electron chi connectivity index (χ0n) is 13.1. The summed E-state index contributed by atoms with van der Waals surface area (Å²) in [5.74, 6) is -0.0741. The van der Waals surface area contributed by atoms with E-state index in [1.54, 1.807) is 0 Å². The van der Waals surface area contributed by atoms with Crippen LogP contribution in [0.5, 0.6) is 0 Å². The number of amides is 1. The number of alkyl halides is 1. The lowest BCUT2D eigenvalue weighted by atomic mass is 10.1. The number of benzene rings is 1. The van der Waals surface area contributed by atoms with Crippen LogP contribution in [0.2, 0.25) is 0 Å². The standard InChI is InChI=1S/C15H22ClNO4S/c1-15(2,3)17(12-13-8-5-4-6-9-13)14(18)21-22(19,20)11-7-10-16/h4-6,8-9H,7,10-12H2,1-3H3. The van der Waals surface area contributed by atoms with Crippen LogP contribution in [0.4, 0.5) is 4.79 Å². The minimum Gasteiger partial charge on any atom is -0.328 e. The van der Waals surface area contributed by atoms with Crippen molar-refractivity contribution in [3.8, 4) is 0 Å². The fourth-order valence-electron chi connectivity index (χ4n) is 1.77. The van der Waals surface area contributed by atoms with Crippen molar-refractivity contribution < 1.29 is 17.4 Å². The molecule has 0 bridgehead atoms. The lowest BCUT2D eigenvalue weighted by Gasteiger charge is -2.34. The van der Waals surface area contributed by atoms with E-state index in [9.17, 15) is 13.2 Å². The number of nitrogens with zero attached hydrogens (tertiary/aromatic N) is 1. The van der Waals surface area contributed by atoms with Crippen molar-refractivity contribution >= 4 is 27.8 Å². The first-order chi connectivity index (χ1) is 10.2. The fourth-order valence-corrected chi connectivity index (χ4v) is 2.95. The lowest BCUT2D eigenvalue weighted by molar-refractivity contribution is 0.104. The van der Waals surface area contributed by atoms with E-state index < -0.39 is 21.8 Å². The Morgan fingerprint density at radius 1 is 1.23 bits per heavy atom. The van der Waals surface area contributed by atoms with Gasteiger partial charge in [-0.3, -0.25) is 4.90 Å². The summed E-state index contributed by atoms with van der Waals surface area (Å²) in [5, 5.41) is 0. The molecule has 124 valence electrons. The summed E-state index contributed by atoms with van der Waals surface area (Å²) in [6.07, 6.45) is -0.628. The third kappa shape index (κ3) is 6.23. The summed E-state index contributed by atoms with van der Waals surface area (Å²) in [7, 11) is -3.92. The average Bonchev–Trinajstić information content (AvgIpc) is 2.42. The molecule has 0 aliphatic rings. The third-order valence-corrected chi connectivity index (χ3v) is 4.39. The van der Waals surface area contributed by atoms with Crippen molar-refractivity contribution in [2.75, 3.05) is 11.6 Å². The maximum Gasteiger partial charge on any atom is 0.426 e. The Morgan fingerprint density at radius 2 is 1.82 bits per heavy atom. The highest BCUT2D eigenvalue weighted by Crippen LogP contribution is 2.19. The maximum atomic E-state index is 12.3. The second-order valence-electron chi connectivity index (χ2n) is 5.90. The predicted octanol–water partition coefficient (Wildman–Crippen LogP) is 3.38. The van der Waals surface area contributed by atoms with Gasteiger partial charge in [0, 0.05) is 18.0 Å². The molecule has 0 N–H and O–H groups in total. The highest BCUT2D eigenvalue weighted by atomic mass is 35.5. The summed E-state index contributed by atoms with van der Waals surface area (Å²) < 4.78 is 28.2. The van der Waals surface area contributed by atoms with E-state index in [0.717, 1.165) is 5.56 Å². The molecule has 0 saturated carbocycles. The van der Waals surface area contributed by atoms with Gasteiger partial charge in [0.15, 0.2) is 0 Å². The first-order valence-corrected chi connectivity index (χ1v) is 9.10. The first-order valence-electron chi connectivity index (χ1n) is 6.99. The average molecular weight is 348 g/mol. The van der Waals surface area contributed by atoms with Gasteiger partial charge in [-0.1, -0.05) is 30.3 Å². The SMILES string of the molecule is CC(C)(C)N(Cc1ccccc1)C(=O)OS(=O)(=O)CCCCl. The normalized spacial score (nSPS) is 12.0. The molecule has 0 spiro atoms. The van der Waals surface area contributed by atoms with Gasteiger partial charge in [-0.15, -0.1) is 11.6 Å². The minimum absolute atomic E-state index is 0.198. The second-order valence-corrected chi connectivity index (χ2v) is 7.96. The summed E-state index contributed by atoms with van der Waals surface area (Å²) >= 11 is 5.47. The third-order valence-electron chi connectivity index (χ3n) is 2.94. The molecule has 1 rings (SSSR count). The van der Waals surface area contributed by atoms with E-state index in [4.69, 9.17) is 15.8 Å². The molecule has 0 saturated heterocycles. The topological polar surface area (TPSA) is 63.7 Å². The molecule has 0 heterocycles. The molecule has 0 aliphatic heterocycles. The molecule has 0 aromatic heterocycles. The Bertz CT molecular complexity index is 581. The van der Waals surface area contributed by atoms with Crippen LogP contribution in [0.15, 0.2) is 30.3 Å². The molecule has 0 unspecified atom stereocenters. The van der Waals surface area contributed by atoms with Crippen molar-refractivity contribution in [1.82, 2.24) is 4.90 Å². The zero-order chi connectivity index (χ0) is 16.8. The number of carbonyl (C=O) groups is 1. The molecular formula is C15H22ClNO4S. The molecule has 0 atom stereocenters. The monoisotopic (exact) mass is 347 g/mol. The molecule has 0 aliphatic carbocycles. The van der Waals surface area contributed by atoms with Crippen molar-refractivity contribution in [2.24, 2.45) is 0 Å². The Labute approximate surface area is 137 Å². The largest absolute Gasteiger partial charge is 0.426 e. The van der Waals surface area contributed by atoms with E-state index in [1.807, 2.05) is 51.1 Å². The highest BCUT2D eigenvalue weighted by Gasteiger charge is 2.31. The lowest BCUT2D eigenvalue weighted by Crippen LogP contribution is -2.46. The van der Waals surface area contributed by atoms with Gasteiger partial charge in [0.2, 0.25) is 0 Å². The Morgan fingerprint density at radius 3 is 2.32 bits per heavy atom. The number of rotatable bonds is 6. The van der Waals surface area contributed by atoms with E-state index >= 15 is 0 Å². The first kappa shape index (κ1) is 18.8. The Balaban J connectivity index is 2.87. The summed E-state index contributed by atoms with van der Waals surface area (Å²) in [6, 6.07) is 9.33. The van der Waals surface area contributed by atoms with Gasteiger partial charge in [0.1, 0.15) is 0 Å². The smallest absolute Gasteiger partial charge is 0.328 e. The highest BCUT2D eigenvalue weighted by molar-refractivity contribution is 7.87. The molecule has 5 nitrogen and oxygen atoms in total. The van der Waals surface area contributed by atoms with Gasteiger partial charge in [-0.2, -0.15) is 8.42 Å². The van der Waals surface area contributed by atoms with Gasteiger partial charge in [0.25, 0.3) is 0 Å². The number of halogens is 1. The molecule has 0 fully saturated rings. The van der Waals surface area contributed by atoms with Crippen molar-refractivity contribution in [1.29, 1.82) is 0 Å². The van der Waals surface area contributed by atoms with Crippen LogP contribution in [0.25, 0.3) is 0 Å². The van der Waals surface area contributed by atoms with Gasteiger partial charge in [-0.25, -0.2) is 4.79 Å². The van der Waals surface area contributed by atoms with E-state index in [2.05, 4.69) is 0 Å². The molecule has 22 heavy (non-hydrogen) atoms. The molecule has 1 aromatic carbocycles. The van der Waals surface area contributed by atoms with E-state index in [1.165, 1.54) is 4.90 Å². The van der Waals surface area contributed by atoms with Gasteiger partial charge < -0.3 is 4.18 Å². The zero-order valence-corrected chi connectivity index (χ0v) is 14.7. The quantitative estimate of drug-likeness (QED) is 0.584. The fraction of sp³-hybridized carbons (Fsp3) is 0.533. The summed E-state index contributed by atoms with van der Waals surface area (Å²) in [6.45, 7) is 5.74. The molecule has 0 radical (unpaired) electrons. The van der Waals surface area contributed by atoms with Gasteiger partial charge >= 0.3 is 16.2 Å². The molecular weight excluding hydrogens is 326 g/mol. The second kappa shape index (κ2) is 7.83. The van der Waals surface area contributed by atoms with Crippen molar-refractivity contribution in [3.05, 3.63) is 35.9 Å². The Hall–Kier alpha value is -1.27. The molecule has 1 amide bonds. The van der Waals surface area contributed by atoms with Crippen molar-refractivity contribution in [3.63, 3.8) is 0 Å². The van der Waals surface area contributed by atoms with Crippen LogP contribution >= 0.6 is 11.6 Å². The minimum atomic E-state index is -3.92. The van der Waals surface area contributed by atoms with Crippen LogP contribution in [-0.4, -0.2) is 36.6 Å². The Kier molecular flexibility index (Phi) is 6.68. The number of hydrogen-bond donors (Lipinski definition) is 0. The predicted molar refractivity (Wildman–Crippen MR) is 87.3 cm³/mol. The molecule has 7 heteroatoms. The summed E-state index contributed by atoms with van der Waals surface area (Å²) in [5.41, 5.74) is 0.321. The number of carbonyl (C=O) groups excluding carboxylic acids is 1. The van der Waals surface area contributed by atoms with Crippen LogP contribution in [0, 0.1) is 0 Å². The van der Waals surface area contributed by atoms with Crippen molar-refractivity contribution in [2.45, 2.75) is 39.3 Å².